The highest BCUT2D eigenvalue weighted by atomic mass is 35.5. The number of rotatable bonds is 3. The molecule has 1 aromatic carbocycles. The molecule has 1 amide bonds. The number of amides is 1. The van der Waals surface area contributed by atoms with E-state index in [1.54, 1.807) is 7.05 Å². The molecule has 0 spiro atoms. The maximum absolute atomic E-state index is 12.0. The number of halogens is 2. The number of hydrogen-bond donors (Lipinski definition) is 3. The van der Waals surface area contributed by atoms with Crippen LogP contribution in [-0.2, 0) is 12.8 Å². The first-order chi connectivity index (χ1) is 9.67. The van der Waals surface area contributed by atoms with Crippen molar-refractivity contribution in [3.05, 3.63) is 27.9 Å². The first-order valence-corrected chi connectivity index (χ1v) is 6.96. The highest BCUT2D eigenvalue weighted by molar-refractivity contribution is 6.33. The number of hydrogen-bond acceptors (Lipinski definition) is 3. The summed E-state index contributed by atoms with van der Waals surface area (Å²) in [5.74, 6) is 0.591. The first kappa shape index (κ1) is 15.9. The van der Waals surface area contributed by atoms with E-state index in [-0.39, 0.29) is 18.3 Å². The van der Waals surface area contributed by atoms with Crippen molar-refractivity contribution in [2.45, 2.75) is 12.8 Å². The van der Waals surface area contributed by atoms with Crippen molar-refractivity contribution in [3.8, 4) is 5.75 Å². The van der Waals surface area contributed by atoms with Gasteiger partial charge in [-0.2, -0.15) is 0 Å². The van der Waals surface area contributed by atoms with Crippen molar-refractivity contribution < 1.29 is 9.53 Å². The van der Waals surface area contributed by atoms with Crippen molar-refractivity contribution in [2.75, 3.05) is 20.2 Å². The van der Waals surface area contributed by atoms with Crippen LogP contribution in [0.15, 0.2) is 6.07 Å². The van der Waals surface area contributed by atoms with E-state index < -0.39 is 0 Å². The van der Waals surface area contributed by atoms with Gasteiger partial charge in [-0.25, -0.2) is 0 Å². The van der Waals surface area contributed by atoms with Crippen LogP contribution >= 0.6 is 24.0 Å². The molecule has 7 heteroatoms. The second-order valence-corrected chi connectivity index (χ2v) is 5.19. The van der Waals surface area contributed by atoms with Crippen molar-refractivity contribution in [2.24, 2.45) is 5.73 Å². The molecule has 0 saturated heterocycles. The molecule has 2 heterocycles. The zero-order valence-corrected chi connectivity index (χ0v) is 13.2. The molecule has 1 aromatic heterocycles. The monoisotopic (exact) mass is 329 g/mol. The topological polar surface area (TPSA) is 80.1 Å². The fourth-order valence-electron chi connectivity index (χ4n) is 2.83. The predicted octanol–water partition coefficient (Wildman–Crippen LogP) is 2.04. The molecule has 1 aliphatic heterocycles. The van der Waals surface area contributed by atoms with Crippen molar-refractivity contribution in [1.82, 2.24) is 10.3 Å². The largest absolute Gasteiger partial charge is 0.491 e. The average molecular weight is 330 g/mol. The minimum absolute atomic E-state index is 0. The Morgan fingerprint density at radius 3 is 3.00 bits per heavy atom. The van der Waals surface area contributed by atoms with E-state index in [1.807, 2.05) is 6.07 Å². The summed E-state index contributed by atoms with van der Waals surface area (Å²) in [6.07, 6.45) is 1.44. The number of aromatic nitrogens is 1. The Labute approximate surface area is 133 Å². The summed E-state index contributed by atoms with van der Waals surface area (Å²) in [5.41, 5.74) is 9.13. The smallest absolute Gasteiger partial charge is 0.267 e. The van der Waals surface area contributed by atoms with E-state index in [0.29, 0.717) is 30.3 Å². The van der Waals surface area contributed by atoms with E-state index in [1.165, 1.54) is 0 Å². The highest BCUT2D eigenvalue weighted by Gasteiger charge is 2.25. The molecule has 21 heavy (non-hydrogen) atoms. The van der Waals surface area contributed by atoms with E-state index in [0.717, 1.165) is 34.2 Å². The molecular weight excluding hydrogens is 313 g/mol. The molecule has 0 atom stereocenters. The summed E-state index contributed by atoms with van der Waals surface area (Å²) < 4.78 is 5.59. The van der Waals surface area contributed by atoms with Crippen LogP contribution < -0.4 is 15.8 Å². The number of nitrogens with one attached hydrogen (secondary N) is 2. The lowest BCUT2D eigenvalue weighted by atomic mass is 10.0. The molecule has 3 rings (SSSR count). The van der Waals surface area contributed by atoms with Gasteiger partial charge in [-0.05, 0) is 24.6 Å². The van der Waals surface area contributed by atoms with Crippen LogP contribution in [0, 0.1) is 0 Å². The molecule has 0 aliphatic carbocycles. The van der Waals surface area contributed by atoms with Gasteiger partial charge in [0.2, 0.25) is 0 Å². The standard InChI is InChI=1S/C14H16ClN3O2.ClH/c1-17-14(19)12-7(2-4-16)11-8-3-5-20-13(8)9(15)6-10(11)18-12;/h6,18H,2-5,16H2,1H3,(H,17,19);1H. The highest BCUT2D eigenvalue weighted by Crippen LogP contribution is 2.41. The molecular formula is C14H17Cl2N3O2. The van der Waals surface area contributed by atoms with Crippen LogP contribution in [0.1, 0.15) is 21.6 Å². The molecule has 0 radical (unpaired) electrons. The molecule has 0 fully saturated rings. The Kier molecular flexibility index (Phi) is 4.66. The number of carbonyl (C=O) groups is 1. The third kappa shape index (κ3) is 2.46. The number of carbonyl (C=O) groups excluding carboxylic acids is 1. The van der Waals surface area contributed by atoms with Gasteiger partial charge in [-0.3, -0.25) is 4.79 Å². The Balaban J connectivity index is 0.00000161. The third-order valence-electron chi connectivity index (χ3n) is 3.64. The van der Waals surface area contributed by atoms with Crippen molar-refractivity contribution in [3.63, 3.8) is 0 Å². The predicted molar refractivity (Wildman–Crippen MR) is 85.9 cm³/mol. The van der Waals surface area contributed by atoms with Crippen LogP contribution in [0.4, 0.5) is 0 Å². The number of benzene rings is 1. The van der Waals surface area contributed by atoms with E-state index in [9.17, 15) is 4.79 Å². The van der Waals surface area contributed by atoms with Gasteiger partial charge in [-0.15, -0.1) is 12.4 Å². The minimum atomic E-state index is -0.145. The van der Waals surface area contributed by atoms with Gasteiger partial charge in [0.15, 0.2) is 0 Å². The SMILES string of the molecule is CNC(=O)c1[nH]c2cc(Cl)c3c(c2c1CCN)CCO3.Cl. The quantitative estimate of drug-likeness (QED) is 0.806. The lowest BCUT2D eigenvalue weighted by Gasteiger charge is -2.06. The molecule has 114 valence electrons. The summed E-state index contributed by atoms with van der Waals surface area (Å²) in [7, 11) is 1.61. The molecule has 0 bridgehead atoms. The van der Waals surface area contributed by atoms with Crippen LogP contribution in [-0.4, -0.2) is 31.1 Å². The Morgan fingerprint density at radius 2 is 2.33 bits per heavy atom. The summed E-state index contributed by atoms with van der Waals surface area (Å²) in [4.78, 5) is 15.2. The van der Waals surface area contributed by atoms with E-state index >= 15 is 0 Å². The molecule has 5 nitrogen and oxygen atoms in total. The minimum Gasteiger partial charge on any atom is -0.491 e. The van der Waals surface area contributed by atoms with E-state index in [4.69, 9.17) is 22.1 Å². The van der Waals surface area contributed by atoms with Crippen LogP contribution in [0.25, 0.3) is 10.9 Å². The number of aromatic amines is 1. The fourth-order valence-corrected chi connectivity index (χ4v) is 3.10. The summed E-state index contributed by atoms with van der Waals surface area (Å²) in [6, 6.07) is 1.81. The summed E-state index contributed by atoms with van der Waals surface area (Å²) in [5, 5.41) is 4.26. The lowest BCUT2D eigenvalue weighted by molar-refractivity contribution is 0.0958. The summed E-state index contributed by atoms with van der Waals surface area (Å²) in [6.45, 7) is 1.10. The normalized spacial score (nSPS) is 12.7. The fraction of sp³-hybridized carbons (Fsp3) is 0.357. The molecule has 2 aromatic rings. The van der Waals surface area contributed by atoms with Crippen molar-refractivity contribution >= 4 is 40.8 Å². The zero-order chi connectivity index (χ0) is 14.3. The van der Waals surface area contributed by atoms with Crippen LogP contribution in [0.3, 0.4) is 0 Å². The van der Waals surface area contributed by atoms with Gasteiger partial charge >= 0.3 is 0 Å². The van der Waals surface area contributed by atoms with Gasteiger partial charge in [0.25, 0.3) is 5.91 Å². The Morgan fingerprint density at radius 1 is 1.57 bits per heavy atom. The number of fused-ring (bicyclic) bond motifs is 3. The lowest BCUT2D eigenvalue weighted by Crippen LogP contribution is -2.20. The maximum atomic E-state index is 12.0. The molecule has 0 unspecified atom stereocenters. The Hall–Kier alpha value is -1.43. The number of ether oxygens (including phenoxy) is 1. The second-order valence-electron chi connectivity index (χ2n) is 4.78. The number of nitrogens with two attached hydrogens (primary N) is 1. The zero-order valence-electron chi connectivity index (χ0n) is 11.6. The van der Waals surface area contributed by atoms with Gasteiger partial charge in [0.1, 0.15) is 11.4 Å². The van der Waals surface area contributed by atoms with E-state index in [2.05, 4.69) is 10.3 Å². The average Bonchev–Trinajstić information content (AvgIpc) is 3.03. The Bertz CT molecular complexity index is 697. The number of H-pyrrole nitrogens is 1. The van der Waals surface area contributed by atoms with Crippen LogP contribution in [0.5, 0.6) is 5.75 Å². The first-order valence-electron chi connectivity index (χ1n) is 6.58. The second kappa shape index (κ2) is 6.13. The molecule has 4 N–H and O–H groups in total. The summed E-state index contributed by atoms with van der Waals surface area (Å²) >= 11 is 6.23. The third-order valence-corrected chi connectivity index (χ3v) is 3.92. The van der Waals surface area contributed by atoms with Gasteiger partial charge in [0.05, 0.1) is 11.6 Å². The van der Waals surface area contributed by atoms with Gasteiger partial charge in [-0.1, -0.05) is 11.6 Å². The molecule has 1 aliphatic rings. The maximum Gasteiger partial charge on any atom is 0.267 e. The van der Waals surface area contributed by atoms with Gasteiger partial charge in [0, 0.05) is 29.9 Å². The van der Waals surface area contributed by atoms with Crippen LogP contribution in [0.2, 0.25) is 5.02 Å². The van der Waals surface area contributed by atoms with Crippen molar-refractivity contribution in [1.29, 1.82) is 0 Å². The molecule has 0 saturated carbocycles. The van der Waals surface area contributed by atoms with Gasteiger partial charge < -0.3 is 20.8 Å².